The van der Waals surface area contributed by atoms with Crippen LogP contribution in [0.3, 0.4) is 0 Å². The van der Waals surface area contributed by atoms with Gasteiger partial charge in [0.2, 0.25) is 0 Å². The molecule has 2 aromatic rings. The Morgan fingerprint density at radius 2 is 0.944 bits per heavy atom. The normalized spacial score (nSPS) is 10.4. The molecule has 2 aromatic carbocycles. The smallest absolute Gasteiger partial charge is 0.181 e. The van der Waals surface area contributed by atoms with Crippen LogP contribution in [0, 0.1) is 0 Å². The second kappa shape index (κ2) is 3.92. The minimum absolute atomic E-state index is 0.0632. The van der Waals surface area contributed by atoms with E-state index in [9.17, 15) is 20.4 Å². The molecule has 0 aromatic heterocycles. The average Bonchev–Trinajstić information content (AvgIpc) is 2.35. The number of anilines is 2. The fourth-order valence-electron chi connectivity index (χ4n) is 1.66. The number of nitrogen functional groups attached to an aromatic ring is 2. The zero-order valence-electron chi connectivity index (χ0n) is 9.25. The van der Waals surface area contributed by atoms with Crippen LogP contribution in [0.25, 0.3) is 11.1 Å². The van der Waals surface area contributed by atoms with Crippen molar-refractivity contribution in [3.63, 3.8) is 0 Å². The molecule has 0 saturated carbocycles. The summed E-state index contributed by atoms with van der Waals surface area (Å²) in [6.45, 7) is 0. The summed E-state index contributed by atoms with van der Waals surface area (Å²) in [6, 6.07) is 5.41. The SMILES string of the molecule is Nc1c(-c2ccc(O)c(O)c2N)ccc(O)c1O. The highest BCUT2D eigenvalue weighted by Gasteiger charge is 2.16. The Morgan fingerprint density at radius 1 is 0.611 bits per heavy atom. The van der Waals surface area contributed by atoms with E-state index in [1.807, 2.05) is 0 Å². The summed E-state index contributed by atoms with van der Waals surface area (Å²) >= 11 is 0. The molecule has 0 heterocycles. The Bertz CT molecular complexity index is 570. The molecular weight excluding hydrogens is 236 g/mol. The number of rotatable bonds is 1. The van der Waals surface area contributed by atoms with Gasteiger partial charge < -0.3 is 31.9 Å². The van der Waals surface area contributed by atoms with E-state index in [0.29, 0.717) is 11.1 Å². The van der Waals surface area contributed by atoms with Gasteiger partial charge in [-0.2, -0.15) is 0 Å². The van der Waals surface area contributed by atoms with Crippen LogP contribution in [0.2, 0.25) is 0 Å². The van der Waals surface area contributed by atoms with Crippen molar-refractivity contribution in [1.29, 1.82) is 0 Å². The first-order valence-corrected chi connectivity index (χ1v) is 5.04. The van der Waals surface area contributed by atoms with Gasteiger partial charge in [-0.25, -0.2) is 0 Å². The largest absolute Gasteiger partial charge is 0.504 e. The van der Waals surface area contributed by atoms with Crippen molar-refractivity contribution in [2.75, 3.05) is 11.5 Å². The molecule has 6 heteroatoms. The topological polar surface area (TPSA) is 133 Å². The van der Waals surface area contributed by atoms with E-state index < -0.39 is 11.5 Å². The summed E-state index contributed by atoms with van der Waals surface area (Å²) < 4.78 is 0. The Labute approximate surface area is 102 Å². The van der Waals surface area contributed by atoms with E-state index in [2.05, 4.69) is 0 Å². The molecule has 0 aliphatic heterocycles. The fourth-order valence-corrected chi connectivity index (χ4v) is 1.66. The van der Waals surface area contributed by atoms with Crippen LogP contribution in [-0.2, 0) is 0 Å². The molecule has 0 saturated heterocycles. The molecule has 0 bridgehead atoms. The zero-order chi connectivity index (χ0) is 13.4. The van der Waals surface area contributed by atoms with E-state index in [0.717, 1.165) is 0 Å². The van der Waals surface area contributed by atoms with Crippen molar-refractivity contribution in [3.05, 3.63) is 24.3 Å². The maximum Gasteiger partial charge on any atom is 0.181 e. The third kappa shape index (κ3) is 1.60. The number of aromatic hydroxyl groups is 4. The van der Waals surface area contributed by atoms with Gasteiger partial charge in [0.1, 0.15) is 0 Å². The van der Waals surface area contributed by atoms with Gasteiger partial charge in [0.25, 0.3) is 0 Å². The molecule has 0 aliphatic rings. The van der Waals surface area contributed by atoms with Crippen molar-refractivity contribution >= 4 is 11.4 Å². The molecule has 18 heavy (non-hydrogen) atoms. The van der Waals surface area contributed by atoms with Gasteiger partial charge in [0.15, 0.2) is 23.0 Å². The molecule has 0 fully saturated rings. The van der Waals surface area contributed by atoms with Crippen LogP contribution in [-0.4, -0.2) is 20.4 Å². The van der Waals surface area contributed by atoms with E-state index in [4.69, 9.17) is 11.5 Å². The molecule has 6 nitrogen and oxygen atoms in total. The van der Waals surface area contributed by atoms with Crippen LogP contribution in [0.1, 0.15) is 0 Å². The first-order valence-electron chi connectivity index (χ1n) is 5.04. The molecule has 0 aliphatic carbocycles. The number of benzene rings is 2. The van der Waals surface area contributed by atoms with Crippen molar-refractivity contribution in [1.82, 2.24) is 0 Å². The summed E-state index contributed by atoms with van der Waals surface area (Å²) in [7, 11) is 0. The molecule has 94 valence electrons. The molecule has 2 rings (SSSR count). The molecule has 0 atom stereocenters. The summed E-state index contributed by atoms with van der Waals surface area (Å²) in [5.41, 5.74) is 11.9. The number of hydrogen-bond donors (Lipinski definition) is 6. The van der Waals surface area contributed by atoms with E-state index in [1.165, 1.54) is 24.3 Å². The van der Waals surface area contributed by atoms with Gasteiger partial charge in [-0.1, -0.05) is 0 Å². The highest BCUT2D eigenvalue weighted by atomic mass is 16.3. The van der Waals surface area contributed by atoms with E-state index in [1.54, 1.807) is 0 Å². The predicted octanol–water partition coefficient (Wildman–Crippen LogP) is 1.34. The van der Waals surface area contributed by atoms with Crippen molar-refractivity contribution in [3.8, 4) is 34.1 Å². The third-order valence-electron chi connectivity index (χ3n) is 2.68. The van der Waals surface area contributed by atoms with Crippen molar-refractivity contribution < 1.29 is 20.4 Å². The van der Waals surface area contributed by atoms with Gasteiger partial charge in [-0.15, -0.1) is 0 Å². The predicted molar refractivity (Wildman–Crippen MR) is 67.4 cm³/mol. The Hall–Kier alpha value is -2.76. The minimum atomic E-state index is -0.459. The standard InChI is InChI=1S/C12H12N2O4/c13-9-5(1-3-7(15)11(9)17)6-2-4-8(16)12(18)10(6)14/h1-4,15-18H,13-14H2. The minimum Gasteiger partial charge on any atom is -0.504 e. The molecule has 0 radical (unpaired) electrons. The van der Waals surface area contributed by atoms with Crippen LogP contribution in [0.15, 0.2) is 24.3 Å². The van der Waals surface area contributed by atoms with Gasteiger partial charge >= 0.3 is 0 Å². The van der Waals surface area contributed by atoms with Crippen molar-refractivity contribution in [2.24, 2.45) is 0 Å². The maximum atomic E-state index is 9.54. The number of phenols is 4. The summed E-state index contributed by atoms with van der Waals surface area (Å²) in [5.74, 6) is -1.62. The van der Waals surface area contributed by atoms with Crippen LogP contribution < -0.4 is 11.5 Å². The van der Waals surface area contributed by atoms with Gasteiger partial charge in [0.05, 0.1) is 11.4 Å². The molecule has 0 unspecified atom stereocenters. The zero-order valence-corrected chi connectivity index (χ0v) is 9.25. The first-order chi connectivity index (χ1) is 8.43. The van der Waals surface area contributed by atoms with Crippen molar-refractivity contribution in [2.45, 2.75) is 0 Å². The molecule has 0 amide bonds. The van der Waals surface area contributed by atoms with Crippen LogP contribution in [0.4, 0.5) is 11.4 Å². The number of nitrogens with two attached hydrogens (primary N) is 2. The van der Waals surface area contributed by atoms with Gasteiger partial charge in [-0.3, -0.25) is 0 Å². The molecule has 8 N–H and O–H groups in total. The van der Waals surface area contributed by atoms with Crippen LogP contribution in [0.5, 0.6) is 23.0 Å². The lowest BCUT2D eigenvalue weighted by Crippen LogP contribution is -1.95. The Balaban J connectivity index is 2.71. The quantitative estimate of drug-likeness (QED) is 0.333. The maximum absolute atomic E-state index is 9.54. The van der Waals surface area contributed by atoms with Crippen LogP contribution >= 0.6 is 0 Å². The lowest BCUT2D eigenvalue weighted by atomic mass is 10.0. The molecule has 0 spiro atoms. The van der Waals surface area contributed by atoms with Gasteiger partial charge in [0, 0.05) is 11.1 Å². The van der Waals surface area contributed by atoms with Gasteiger partial charge in [-0.05, 0) is 24.3 Å². The monoisotopic (exact) mass is 248 g/mol. The lowest BCUT2D eigenvalue weighted by Gasteiger charge is -2.12. The second-order valence-electron chi connectivity index (χ2n) is 3.79. The fraction of sp³-hybridized carbons (Fsp3) is 0. The number of phenolic OH excluding ortho intramolecular Hbond substituents is 4. The average molecular weight is 248 g/mol. The van der Waals surface area contributed by atoms with E-state index >= 15 is 0 Å². The summed E-state index contributed by atoms with van der Waals surface area (Å²) in [6.07, 6.45) is 0. The first kappa shape index (κ1) is 11.7. The molecular formula is C12H12N2O4. The highest BCUT2D eigenvalue weighted by Crippen LogP contribution is 2.44. The number of hydrogen-bond acceptors (Lipinski definition) is 6. The Morgan fingerprint density at radius 3 is 1.28 bits per heavy atom. The third-order valence-corrected chi connectivity index (χ3v) is 2.68. The summed E-state index contributed by atoms with van der Waals surface area (Å²) in [5, 5.41) is 37.6. The summed E-state index contributed by atoms with van der Waals surface area (Å²) in [4.78, 5) is 0. The highest BCUT2D eigenvalue weighted by molar-refractivity contribution is 5.90. The second-order valence-corrected chi connectivity index (χ2v) is 3.79. The lowest BCUT2D eigenvalue weighted by molar-refractivity contribution is 0.405. The Kier molecular flexibility index (Phi) is 2.55. The van der Waals surface area contributed by atoms with E-state index in [-0.39, 0.29) is 22.9 Å².